The Labute approximate surface area is 138 Å². The molecule has 1 aromatic carbocycles. The van der Waals surface area contributed by atoms with Crippen LogP contribution in [0.3, 0.4) is 0 Å². The topological polar surface area (TPSA) is 12.0 Å². The van der Waals surface area contributed by atoms with Crippen LogP contribution in [0.15, 0.2) is 34.8 Å². The number of halogens is 2. The maximum atomic E-state index is 13.8. The number of rotatable bonds is 7. The van der Waals surface area contributed by atoms with Gasteiger partial charge >= 0.3 is 0 Å². The van der Waals surface area contributed by atoms with Gasteiger partial charge in [0.2, 0.25) is 0 Å². The molecule has 2 rings (SSSR count). The van der Waals surface area contributed by atoms with Crippen LogP contribution >= 0.6 is 27.3 Å². The maximum Gasteiger partial charge on any atom is 0.137 e. The molecular weight excluding hydrogens is 349 g/mol. The summed E-state index contributed by atoms with van der Waals surface area (Å²) in [6.07, 6.45) is 3.03. The van der Waals surface area contributed by atoms with E-state index >= 15 is 0 Å². The molecule has 114 valence electrons. The van der Waals surface area contributed by atoms with Crippen LogP contribution < -0.4 is 5.32 Å². The van der Waals surface area contributed by atoms with Crippen LogP contribution in [0, 0.1) is 5.82 Å². The zero-order valence-corrected chi connectivity index (χ0v) is 14.9. The fraction of sp³-hybridized carbons (Fsp3) is 0.412. The first-order valence-electron chi connectivity index (χ1n) is 7.40. The molecule has 0 aliphatic heterocycles. The summed E-state index contributed by atoms with van der Waals surface area (Å²) in [7, 11) is 0. The van der Waals surface area contributed by atoms with Gasteiger partial charge in [0.15, 0.2) is 0 Å². The van der Waals surface area contributed by atoms with E-state index in [4.69, 9.17) is 0 Å². The van der Waals surface area contributed by atoms with Gasteiger partial charge in [-0.3, -0.25) is 0 Å². The second-order valence-electron chi connectivity index (χ2n) is 5.08. The molecule has 1 heterocycles. The van der Waals surface area contributed by atoms with Crippen LogP contribution in [-0.4, -0.2) is 6.54 Å². The average molecular weight is 370 g/mol. The molecule has 0 amide bonds. The van der Waals surface area contributed by atoms with Gasteiger partial charge in [-0.25, -0.2) is 4.39 Å². The molecule has 0 saturated carbocycles. The second kappa shape index (κ2) is 8.06. The van der Waals surface area contributed by atoms with Gasteiger partial charge in [0, 0.05) is 22.2 Å². The Kier molecular flexibility index (Phi) is 6.40. The minimum absolute atomic E-state index is 0.137. The van der Waals surface area contributed by atoms with E-state index in [1.807, 2.05) is 17.4 Å². The summed E-state index contributed by atoms with van der Waals surface area (Å²) in [5.41, 5.74) is 0.995. The summed E-state index contributed by atoms with van der Waals surface area (Å²) in [5, 5.41) is 3.54. The van der Waals surface area contributed by atoms with Crippen molar-refractivity contribution in [3.63, 3.8) is 0 Å². The van der Waals surface area contributed by atoms with E-state index in [9.17, 15) is 4.39 Å². The van der Waals surface area contributed by atoms with E-state index in [2.05, 4.69) is 47.2 Å². The zero-order valence-electron chi connectivity index (χ0n) is 12.5. The molecule has 4 heteroatoms. The van der Waals surface area contributed by atoms with Gasteiger partial charge in [0.05, 0.1) is 4.47 Å². The zero-order chi connectivity index (χ0) is 15.2. The number of benzene rings is 1. The van der Waals surface area contributed by atoms with Crippen LogP contribution in [0.4, 0.5) is 4.39 Å². The van der Waals surface area contributed by atoms with Crippen molar-refractivity contribution in [1.82, 2.24) is 5.32 Å². The Morgan fingerprint density at radius 2 is 1.95 bits per heavy atom. The summed E-state index contributed by atoms with van der Waals surface area (Å²) in [5.74, 6) is -0.198. The summed E-state index contributed by atoms with van der Waals surface area (Å²) >= 11 is 5.24. The van der Waals surface area contributed by atoms with Crippen LogP contribution in [0.2, 0.25) is 0 Å². The number of hydrogen-bond donors (Lipinski definition) is 1. The van der Waals surface area contributed by atoms with Crippen molar-refractivity contribution in [2.45, 2.75) is 39.2 Å². The summed E-state index contributed by atoms with van der Waals surface area (Å²) in [6.45, 7) is 5.25. The van der Waals surface area contributed by atoms with Crippen molar-refractivity contribution in [1.29, 1.82) is 0 Å². The summed E-state index contributed by atoms with van der Waals surface area (Å²) in [4.78, 5) is 2.74. The van der Waals surface area contributed by atoms with Gasteiger partial charge in [-0.1, -0.05) is 26.0 Å². The highest BCUT2D eigenvalue weighted by atomic mass is 79.9. The van der Waals surface area contributed by atoms with Crippen molar-refractivity contribution in [2.24, 2.45) is 0 Å². The van der Waals surface area contributed by atoms with Gasteiger partial charge in [0.25, 0.3) is 0 Å². The van der Waals surface area contributed by atoms with Gasteiger partial charge < -0.3 is 5.32 Å². The number of aryl methyl sites for hydroxylation is 1. The van der Waals surface area contributed by atoms with E-state index in [0.29, 0.717) is 4.47 Å². The Balaban J connectivity index is 2.23. The highest BCUT2D eigenvalue weighted by molar-refractivity contribution is 9.10. The third-order valence-corrected chi connectivity index (χ3v) is 5.56. The third kappa shape index (κ3) is 4.38. The average Bonchev–Trinajstić information content (AvgIpc) is 2.94. The van der Waals surface area contributed by atoms with Crippen LogP contribution in [0.25, 0.3) is 0 Å². The normalized spacial score (nSPS) is 12.6. The van der Waals surface area contributed by atoms with E-state index in [1.165, 1.54) is 15.8 Å². The molecule has 1 atom stereocenters. The van der Waals surface area contributed by atoms with Gasteiger partial charge in [-0.05, 0) is 59.1 Å². The Morgan fingerprint density at radius 3 is 2.62 bits per heavy atom. The fourth-order valence-electron chi connectivity index (χ4n) is 2.32. The lowest BCUT2D eigenvalue weighted by Gasteiger charge is -2.20. The van der Waals surface area contributed by atoms with Crippen molar-refractivity contribution in [3.8, 4) is 0 Å². The number of thiophene rings is 1. The van der Waals surface area contributed by atoms with Gasteiger partial charge in [0.1, 0.15) is 5.82 Å². The van der Waals surface area contributed by atoms with E-state index in [1.54, 1.807) is 6.07 Å². The first-order chi connectivity index (χ1) is 10.2. The first-order valence-corrected chi connectivity index (χ1v) is 9.01. The molecule has 0 aliphatic carbocycles. The monoisotopic (exact) mass is 369 g/mol. The van der Waals surface area contributed by atoms with Gasteiger partial charge in [-0.2, -0.15) is 0 Å². The number of nitrogens with one attached hydrogen (secondary N) is 1. The molecule has 2 aromatic rings. The van der Waals surface area contributed by atoms with E-state index in [-0.39, 0.29) is 11.9 Å². The SMILES string of the molecule is CCCNC(Cc1ccc(CC)s1)c1cccc(F)c1Br. The smallest absolute Gasteiger partial charge is 0.137 e. The molecule has 0 aliphatic rings. The second-order valence-corrected chi connectivity index (χ2v) is 7.12. The quantitative estimate of drug-likeness (QED) is 0.679. The lowest BCUT2D eigenvalue weighted by atomic mass is 10.0. The van der Waals surface area contributed by atoms with Crippen molar-refractivity contribution >= 4 is 27.3 Å². The van der Waals surface area contributed by atoms with Crippen LogP contribution in [0.5, 0.6) is 0 Å². The molecule has 21 heavy (non-hydrogen) atoms. The van der Waals surface area contributed by atoms with Gasteiger partial charge in [-0.15, -0.1) is 11.3 Å². The molecule has 0 spiro atoms. The molecule has 0 bridgehead atoms. The Hall–Kier alpha value is -0.710. The number of hydrogen-bond acceptors (Lipinski definition) is 2. The lowest BCUT2D eigenvalue weighted by molar-refractivity contribution is 0.524. The van der Waals surface area contributed by atoms with Crippen molar-refractivity contribution in [3.05, 3.63) is 55.9 Å². The van der Waals surface area contributed by atoms with Crippen LogP contribution in [-0.2, 0) is 12.8 Å². The molecular formula is C17H21BrFNS. The van der Waals surface area contributed by atoms with Crippen molar-refractivity contribution < 1.29 is 4.39 Å². The Bertz CT molecular complexity index is 582. The molecule has 1 unspecified atom stereocenters. The lowest BCUT2D eigenvalue weighted by Crippen LogP contribution is -2.24. The molecule has 0 fully saturated rings. The molecule has 1 aromatic heterocycles. The first kappa shape index (κ1) is 16.7. The molecule has 0 radical (unpaired) electrons. The minimum atomic E-state index is -0.198. The summed E-state index contributed by atoms with van der Waals surface area (Å²) < 4.78 is 14.4. The van der Waals surface area contributed by atoms with E-state index in [0.717, 1.165) is 31.4 Å². The van der Waals surface area contributed by atoms with Crippen LogP contribution in [0.1, 0.15) is 41.6 Å². The standard InChI is InChI=1S/C17H21BrFNS/c1-3-10-20-16(11-13-9-8-12(4-2)21-13)14-6-5-7-15(19)17(14)18/h5-9,16,20H,3-4,10-11H2,1-2H3. The Morgan fingerprint density at radius 1 is 1.19 bits per heavy atom. The largest absolute Gasteiger partial charge is 0.310 e. The third-order valence-electron chi connectivity index (χ3n) is 3.47. The predicted molar refractivity (Wildman–Crippen MR) is 92.5 cm³/mol. The molecule has 0 saturated heterocycles. The highest BCUT2D eigenvalue weighted by Crippen LogP contribution is 2.30. The predicted octanol–water partition coefficient (Wildman–Crippen LogP) is 5.50. The fourth-order valence-corrected chi connectivity index (χ4v) is 3.87. The highest BCUT2D eigenvalue weighted by Gasteiger charge is 2.17. The maximum absolute atomic E-state index is 13.8. The van der Waals surface area contributed by atoms with Crippen molar-refractivity contribution in [2.75, 3.05) is 6.54 Å². The molecule has 1 N–H and O–H groups in total. The van der Waals surface area contributed by atoms with E-state index < -0.39 is 0 Å². The molecule has 1 nitrogen and oxygen atoms in total. The minimum Gasteiger partial charge on any atom is -0.310 e. The summed E-state index contributed by atoms with van der Waals surface area (Å²) in [6, 6.07) is 9.79.